The van der Waals surface area contributed by atoms with Gasteiger partial charge in [0, 0.05) is 30.1 Å². The molecule has 0 atom stereocenters. The minimum absolute atomic E-state index is 0.127. The van der Waals surface area contributed by atoms with Gasteiger partial charge in [0.15, 0.2) is 0 Å². The Balaban J connectivity index is 1.51. The molecule has 4 rings (SSSR count). The van der Waals surface area contributed by atoms with Gasteiger partial charge in [-0.15, -0.1) is 0 Å². The first-order valence-electron chi connectivity index (χ1n) is 10.5. The molecule has 7 nitrogen and oxygen atoms in total. The lowest BCUT2D eigenvalue weighted by Crippen LogP contribution is -2.23. The largest absolute Gasteiger partial charge is 0.493 e. The SMILES string of the molecule is CS(=O)(=O)CCCOc1cccc2c1ccn2-c1ccnc(NC2CCCCC2)n1. The number of anilines is 1. The van der Waals surface area contributed by atoms with Crippen LogP contribution >= 0.6 is 0 Å². The van der Waals surface area contributed by atoms with Crippen LogP contribution in [0.4, 0.5) is 5.95 Å². The molecule has 0 aliphatic heterocycles. The maximum atomic E-state index is 11.3. The fourth-order valence-corrected chi connectivity index (χ4v) is 4.59. The van der Waals surface area contributed by atoms with Gasteiger partial charge in [0.1, 0.15) is 21.4 Å². The number of aromatic nitrogens is 3. The molecule has 1 fully saturated rings. The van der Waals surface area contributed by atoms with Crippen LogP contribution in [-0.4, -0.2) is 47.6 Å². The average molecular weight is 429 g/mol. The molecule has 1 saturated carbocycles. The standard InChI is InChI=1S/C22H28N4O3S/c1-30(27,28)16-6-15-29-20-10-5-9-19-18(20)12-14-26(19)21-11-13-23-22(25-21)24-17-7-3-2-4-8-17/h5,9-14,17H,2-4,6-8,15-16H2,1H3,(H,23,24,25). The van der Waals surface area contributed by atoms with Crippen LogP contribution in [0.25, 0.3) is 16.7 Å². The zero-order chi connectivity index (χ0) is 21.0. The second-order valence-electron chi connectivity index (χ2n) is 7.92. The molecule has 0 saturated heterocycles. The van der Waals surface area contributed by atoms with Crippen molar-refractivity contribution in [3.63, 3.8) is 0 Å². The first-order valence-corrected chi connectivity index (χ1v) is 12.6. The first kappa shape index (κ1) is 20.7. The number of hydrogen-bond acceptors (Lipinski definition) is 6. The summed E-state index contributed by atoms with van der Waals surface area (Å²) in [6, 6.07) is 10.2. The summed E-state index contributed by atoms with van der Waals surface area (Å²) in [4.78, 5) is 9.13. The summed E-state index contributed by atoms with van der Waals surface area (Å²) in [5.74, 6) is 2.33. The zero-order valence-corrected chi connectivity index (χ0v) is 18.1. The van der Waals surface area contributed by atoms with Crippen LogP contribution in [0.5, 0.6) is 5.75 Å². The van der Waals surface area contributed by atoms with Gasteiger partial charge in [-0.3, -0.25) is 0 Å². The molecule has 160 valence electrons. The molecule has 8 heteroatoms. The number of sulfone groups is 1. The predicted octanol–water partition coefficient (Wildman–Crippen LogP) is 3.98. The number of fused-ring (bicyclic) bond motifs is 1. The van der Waals surface area contributed by atoms with Crippen molar-refractivity contribution in [2.24, 2.45) is 0 Å². The van der Waals surface area contributed by atoms with Gasteiger partial charge in [-0.2, -0.15) is 4.98 Å². The van der Waals surface area contributed by atoms with Crippen LogP contribution in [0, 0.1) is 0 Å². The highest BCUT2D eigenvalue weighted by atomic mass is 32.2. The summed E-state index contributed by atoms with van der Waals surface area (Å²) in [6.45, 7) is 0.361. The van der Waals surface area contributed by atoms with Crippen molar-refractivity contribution in [2.45, 2.75) is 44.6 Å². The van der Waals surface area contributed by atoms with Gasteiger partial charge in [-0.25, -0.2) is 13.4 Å². The van der Waals surface area contributed by atoms with Crippen molar-refractivity contribution in [2.75, 3.05) is 23.9 Å². The molecule has 2 aromatic heterocycles. The number of hydrogen-bond donors (Lipinski definition) is 1. The van der Waals surface area contributed by atoms with Gasteiger partial charge in [0.2, 0.25) is 5.95 Å². The number of nitrogens with one attached hydrogen (secondary N) is 1. The predicted molar refractivity (Wildman–Crippen MR) is 119 cm³/mol. The van der Waals surface area contributed by atoms with Gasteiger partial charge in [-0.05, 0) is 43.5 Å². The molecular weight excluding hydrogens is 400 g/mol. The fraction of sp³-hybridized carbons (Fsp3) is 0.455. The highest BCUT2D eigenvalue weighted by molar-refractivity contribution is 7.90. The van der Waals surface area contributed by atoms with Gasteiger partial charge < -0.3 is 14.6 Å². The summed E-state index contributed by atoms with van der Waals surface area (Å²) in [7, 11) is -2.97. The van der Waals surface area contributed by atoms with E-state index in [0.29, 0.717) is 25.0 Å². The lowest BCUT2D eigenvalue weighted by molar-refractivity contribution is 0.321. The Morgan fingerprint density at radius 3 is 2.80 bits per heavy atom. The Kier molecular flexibility index (Phi) is 6.22. The highest BCUT2D eigenvalue weighted by Gasteiger charge is 2.15. The monoisotopic (exact) mass is 428 g/mol. The Morgan fingerprint density at radius 1 is 1.17 bits per heavy atom. The molecule has 0 unspecified atom stereocenters. The normalized spacial score (nSPS) is 15.4. The molecule has 0 amide bonds. The molecular formula is C22H28N4O3S. The van der Waals surface area contributed by atoms with Crippen molar-refractivity contribution in [3.05, 3.63) is 42.7 Å². The van der Waals surface area contributed by atoms with Crippen LogP contribution in [0.3, 0.4) is 0 Å². The van der Waals surface area contributed by atoms with Gasteiger partial charge in [0.05, 0.1) is 17.9 Å². The summed E-state index contributed by atoms with van der Waals surface area (Å²) >= 11 is 0. The van der Waals surface area contributed by atoms with Crippen LogP contribution < -0.4 is 10.1 Å². The number of ether oxygens (including phenoxy) is 1. The second-order valence-corrected chi connectivity index (χ2v) is 10.2. The van der Waals surface area contributed by atoms with Crippen LogP contribution in [-0.2, 0) is 9.84 Å². The maximum absolute atomic E-state index is 11.3. The van der Waals surface area contributed by atoms with Crippen molar-refractivity contribution >= 4 is 26.7 Å². The molecule has 3 aromatic rings. The van der Waals surface area contributed by atoms with Crippen LogP contribution in [0.2, 0.25) is 0 Å². The van der Waals surface area contributed by atoms with Gasteiger partial charge in [-0.1, -0.05) is 25.3 Å². The Bertz CT molecular complexity index is 1100. The maximum Gasteiger partial charge on any atom is 0.224 e. The summed E-state index contributed by atoms with van der Waals surface area (Å²) < 4.78 is 30.5. The topological polar surface area (TPSA) is 86.1 Å². The average Bonchev–Trinajstić information content (AvgIpc) is 3.16. The van der Waals surface area contributed by atoms with Crippen molar-refractivity contribution < 1.29 is 13.2 Å². The lowest BCUT2D eigenvalue weighted by Gasteiger charge is -2.22. The van der Waals surface area contributed by atoms with E-state index < -0.39 is 9.84 Å². The second kappa shape index (κ2) is 9.04. The van der Waals surface area contributed by atoms with Crippen LogP contribution in [0.15, 0.2) is 42.7 Å². The third-order valence-electron chi connectivity index (χ3n) is 5.44. The first-order chi connectivity index (χ1) is 14.5. The van der Waals surface area contributed by atoms with E-state index in [-0.39, 0.29) is 5.75 Å². The quantitative estimate of drug-likeness (QED) is 0.546. The summed E-state index contributed by atoms with van der Waals surface area (Å²) in [6.07, 6.45) is 11.6. The molecule has 0 bridgehead atoms. The molecule has 1 aromatic carbocycles. The van der Waals surface area contributed by atoms with Crippen molar-refractivity contribution in [3.8, 4) is 11.6 Å². The lowest BCUT2D eigenvalue weighted by atomic mass is 9.96. The van der Waals surface area contributed by atoms with E-state index in [0.717, 1.165) is 22.5 Å². The van der Waals surface area contributed by atoms with E-state index in [4.69, 9.17) is 9.72 Å². The zero-order valence-electron chi connectivity index (χ0n) is 17.3. The number of benzene rings is 1. The molecule has 0 radical (unpaired) electrons. The highest BCUT2D eigenvalue weighted by Crippen LogP contribution is 2.29. The Labute approximate surface area is 177 Å². The van der Waals surface area contributed by atoms with Gasteiger partial charge in [0.25, 0.3) is 0 Å². The minimum atomic E-state index is -2.97. The molecule has 1 aliphatic carbocycles. The Hall–Kier alpha value is -2.61. The molecule has 30 heavy (non-hydrogen) atoms. The van der Waals surface area contributed by atoms with Crippen molar-refractivity contribution in [1.82, 2.24) is 14.5 Å². The minimum Gasteiger partial charge on any atom is -0.493 e. The third kappa shape index (κ3) is 5.11. The summed E-state index contributed by atoms with van der Waals surface area (Å²) in [5, 5.41) is 4.45. The number of nitrogens with zero attached hydrogens (tertiary/aromatic N) is 3. The van der Waals surface area contributed by atoms with E-state index in [9.17, 15) is 8.42 Å². The molecule has 2 heterocycles. The van der Waals surface area contributed by atoms with E-state index in [1.165, 1.54) is 38.4 Å². The molecule has 0 spiro atoms. The van der Waals surface area contributed by atoms with E-state index in [1.54, 1.807) is 6.20 Å². The van der Waals surface area contributed by atoms with E-state index in [1.807, 2.05) is 41.1 Å². The van der Waals surface area contributed by atoms with Gasteiger partial charge >= 0.3 is 0 Å². The Morgan fingerprint density at radius 2 is 2.00 bits per heavy atom. The number of rotatable bonds is 8. The summed E-state index contributed by atoms with van der Waals surface area (Å²) in [5.41, 5.74) is 0.984. The fourth-order valence-electron chi connectivity index (χ4n) is 3.95. The van der Waals surface area contributed by atoms with E-state index in [2.05, 4.69) is 10.3 Å². The smallest absolute Gasteiger partial charge is 0.224 e. The third-order valence-corrected chi connectivity index (χ3v) is 6.47. The molecule has 1 N–H and O–H groups in total. The molecule has 1 aliphatic rings. The van der Waals surface area contributed by atoms with E-state index >= 15 is 0 Å². The van der Waals surface area contributed by atoms with Crippen molar-refractivity contribution in [1.29, 1.82) is 0 Å². The van der Waals surface area contributed by atoms with Crippen LogP contribution in [0.1, 0.15) is 38.5 Å².